The molecule has 0 aliphatic heterocycles. The maximum Gasteiger partial charge on any atom is 0.196 e. The summed E-state index contributed by atoms with van der Waals surface area (Å²) in [6.45, 7) is 0. The third kappa shape index (κ3) is 2.30. The monoisotopic (exact) mass is 236 g/mol. The quantitative estimate of drug-likeness (QED) is 0.879. The van der Waals surface area contributed by atoms with E-state index < -0.39 is 10.8 Å². The highest BCUT2D eigenvalue weighted by molar-refractivity contribution is 7.84. The Bertz CT molecular complexity index is 482. The van der Waals surface area contributed by atoms with Crippen molar-refractivity contribution >= 4 is 10.8 Å². The van der Waals surface area contributed by atoms with Crippen molar-refractivity contribution in [3.05, 3.63) is 42.2 Å². The van der Waals surface area contributed by atoms with E-state index in [1.165, 1.54) is 0 Å². The molecule has 0 spiro atoms. The van der Waals surface area contributed by atoms with Crippen LogP contribution in [0.4, 0.5) is 0 Å². The van der Waals surface area contributed by atoms with Gasteiger partial charge in [-0.15, -0.1) is 0 Å². The normalized spacial score (nSPS) is 12.3. The van der Waals surface area contributed by atoms with Crippen molar-refractivity contribution in [2.75, 3.05) is 7.11 Å². The van der Waals surface area contributed by atoms with Crippen LogP contribution >= 0.6 is 0 Å². The molecule has 0 aliphatic rings. The van der Waals surface area contributed by atoms with Gasteiger partial charge in [0.1, 0.15) is 5.75 Å². The second-order valence-electron chi connectivity index (χ2n) is 3.20. The third-order valence-corrected chi connectivity index (χ3v) is 3.40. The standard InChI is InChI=1S/C11H12N2O2S/c1-15-10-5-3-2-4-9(10)8-16(14)11-12-6-7-13-11/h2-7H,8H2,1H3,(H,12,13). The molecule has 1 heterocycles. The summed E-state index contributed by atoms with van der Waals surface area (Å²) in [7, 11) is 0.444. The molecule has 1 N–H and O–H groups in total. The molecule has 1 aromatic heterocycles. The molecule has 2 rings (SSSR count). The highest BCUT2D eigenvalue weighted by Gasteiger charge is 2.10. The van der Waals surface area contributed by atoms with Gasteiger partial charge < -0.3 is 9.72 Å². The molecule has 0 saturated carbocycles. The first-order chi connectivity index (χ1) is 7.81. The SMILES string of the molecule is COc1ccccc1CS(=O)c1ncc[nH]1. The van der Waals surface area contributed by atoms with E-state index in [4.69, 9.17) is 4.74 Å². The molecule has 2 aromatic rings. The first kappa shape index (κ1) is 10.9. The summed E-state index contributed by atoms with van der Waals surface area (Å²) in [4.78, 5) is 6.81. The van der Waals surface area contributed by atoms with Gasteiger partial charge in [0.25, 0.3) is 0 Å². The van der Waals surface area contributed by atoms with E-state index in [0.29, 0.717) is 10.9 Å². The molecule has 0 bridgehead atoms. The summed E-state index contributed by atoms with van der Waals surface area (Å²) in [5.41, 5.74) is 0.916. The average molecular weight is 236 g/mol. The van der Waals surface area contributed by atoms with Crippen LogP contribution in [-0.2, 0) is 16.6 Å². The lowest BCUT2D eigenvalue weighted by Crippen LogP contribution is -2.00. The number of rotatable bonds is 4. The van der Waals surface area contributed by atoms with Crippen LogP contribution in [0.5, 0.6) is 5.75 Å². The molecule has 0 amide bonds. The van der Waals surface area contributed by atoms with Gasteiger partial charge in [0.2, 0.25) is 0 Å². The molecule has 5 heteroatoms. The van der Waals surface area contributed by atoms with Crippen molar-refractivity contribution in [3.63, 3.8) is 0 Å². The van der Waals surface area contributed by atoms with E-state index in [0.717, 1.165) is 11.3 Å². The van der Waals surface area contributed by atoms with Crippen molar-refractivity contribution in [3.8, 4) is 5.75 Å². The Kier molecular flexibility index (Phi) is 3.36. The first-order valence-corrected chi connectivity index (χ1v) is 6.13. The van der Waals surface area contributed by atoms with Crippen molar-refractivity contribution in [1.82, 2.24) is 9.97 Å². The molecule has 0 radical (unpaired) electrons. The van der Waals surface area contributed by atoms with E-state index in [1.807, 2.05) is 24.3 Å². The summed E-state index contributed by atoms with van der Waals surface area (Å²) < 4.78 is 17.1. The van der Waals surface area contributed by atoms with Gasteiger partial charge in [-0.05, 0) is 6.07 Å². The van der Waals surface area contributed by atoms with Crippen molar-refractivity contribution in [2.45, 2.75) is 10.9 Å². The number of hydrogen-bond donors (Lipinski definition) is 1. The zero-order chi connectivity index (χ0) is 11.4. The molecule has 84 valence electrons. The van der Waals surface area contributed by atoms with Crippen LogP contribution in [0.3, 0.4) is 0 Å². The molecule has 1 aromatic carbocycles. The lowest BCUT2D eigenvalue weighted by molar-refractivity contribution is 0.411. The predicted molar refractivity (Wildman–Crippen MR) is 61.7 cm³/mol. The van der Waals surface area contributed by atoms with Gasteiger partial charge in [-0.3, -0.25) is 4.21 Å². The topological polar surface area (TPSA) is 55.0 Å². The maximum absolute atomic E-state index is 11.9. The Hall–Kier alpha value is -1.62. The number of methoxy groups -OCH3 is 1. The van der Waals surface area contributed by atoms with Crippen molar-refractivity contribution in [1.29, 1.82) is 0 Å². The molecule has 0 fully saturated rings. The number of nitrogens with zero attached hydrogens (tertiary/aromatic N) is 1. The number of aromatic amines is 1. The zero-order valence-corrected chi connectivity index (χ0v) is 9.66. The zero-order valence-electron chi connectivity index (χ0n) is 8.84. The highest BCUT2D eigenvalue weighted by atomic mass is 32.2. The fourth-order valence-corrected chi connectivity index (χ4v) is 2.44. The number of benzene rings is 1. The summed E-state index contributed by atoms with van der Waals surface area (Å²) in [6.07, 6.45) is 3.25. The van der Waals surface area contributed by atoms with Gasteiger partial charge in [-0.2, -0.15) is 0 Å². The van der Waals surface area contributed by atoms with Crippen LogP contribution in [0.2, 0.25) is 0 Å². The second-order valence-corrected chi connectivity index (χ2v) is 4.56. The fourth-order valence-electron chi connectivity index (χ4n) is 1.41. The Morgan fingerprint density at radius 3 is 2.94 bits per heavy atom. The minimum absolute atomic E-state index is 0.400. The number of H-pyrrole nitrogens is 1. The van der Waals surface area contributed by atoms with Crippen LogP contribution < -0.4 is 4.74 Å². The van der Waals surface area contributed by atoms with E-state index >= 15 is 0 Å². The number of nitrogens with one attached hydrogen (secondary N) is 1. The minimum Gasteiger partial charge on any atom is -0.496 e. The van der Waals surface area contributed by atoms with Crippen LogP contribution in [0.15, 0.2) is 41.8 Å². The minimum atomic E-state index is -1.16. The lowest BCUT2D eigenvalue weighted by Gasteiger charge is -2.06. The molecule has 1 atom stereocenters. The summed E-state index contributed by atoms with van der Waals surface area (Å²) in [6, 6.07) is 7.55. The Morgan fingerprint density at radius 2 is 2.25 bits per heavy atom. The van der Waals surface area contributed by atoms with E-state index in [2.05, 4.69) is 9.97 Å². The number of ether oxygens (including phenoxy) is 1. The van der Waals surface area contributed by atoms with Crippen LogP contribution in [0.1, 0.15) is 5.56 Å². The largest absolute Gasteiger partial charge is 0.496 e. The van der Waals surface area contributed by atoms with Crippen LogP contribution in [0, 0.1) is 0 Å². The Morgan fingerprint density at radius 1 is 1.44 bits per heavy atom. The van der Waals surface area contributed by atoms with Gasteiger partial charge >= 0.3 is 0 Å². The Labute approximate surface area is 96.1 Å². The highest BCUT2D eigenvalue weighted by Crippen LogP contribution is 2.20. The smallest absolute Gasteiger partial charge is 0.196 e. The fraction of sp³-hybridized carbons (Fsp3) is 0.182. The molecular weight excluding hydrogens is 224 g/mol. The maximum atomic E-state index is 11.9. The van der Waals surface area contributed by atoms with E-state index in [9.17, 15) is 4.21 Å². The van der Waals surface area contributed by atoms with Crippen molar-refractivity contribution < 1.29 is 8.95 Å². The van der Waals surface area contributed by atoms with Crippen molar-refractivity contribution in [2.24, 2.45) is 0 Å². The lowest BCUT2D eigenvalue weighted by atomic mass is 10.2. The predicted octanol–water partition coefficient (Wildman–Crippen LogP) is 1.73. The summed E-state index contributed by atoms with van der Waals surface area (Å²) >= 11 is 0. The molecule has 4 nitrogen and oxygen atoms in total. The molecule has 0 aliphatic carbocycles. The van der Waals surface area contributed by atoms with E-state index in [-0.39, 0.29) is 0 Å². The van der Waals surface area contributed by atoms with Crippen LogP contribution in [0.25, 0.3) is 0 Å². The second kappa shape index (κ2) is 4.94. The van der Waals surface area contributed by atoms with Gasteiger partial charge in [0.05, 0.1) is 23.7 Å². The Balaban J connectivity index is 2.18. The average Bonchev–Trinajstić information content (AvgIpc) is 2.83. The van der Waals surface area contributed by atoms with Crippen LogP contribution in [-0.4, -0.2) is 21.3 Å². The summed E-state index contributed by atoms with van der Waals surface area (Å²) in [5.74, 6) is 1.15. The first-order valence-electron chi connectivity index (χ1n) is 4.81. The molecule has 0 saturated heterocycles. The molecular formula is C11H12N2O2S. The number of para-hydroxylation sites is 1. The van der Waals surface area contributed by atoms with Gasteiger partial charge in [0.15, 0.2) is 5.16 Å². The van der Waals surface area contributed by atoms with Gasteiger partial charge in [0, 0.05) is 18.0 Å². The number of imidazole rings is 1. The summed E-state index contributed by atoms with van der Waals surface area (Å²) in [5, 5.41) is 0.492. The van der Waals surface area contributed by atoms with Gasteiger partial charge in [-0.25, -0.2) is 4.98 Å². The molecule has 1 unspecified atom stereocenters. The molecule has 16 heavy (non-hydrogen) atoms. The van der Waals surface area contributed by atoms with E-state index in [1.54, 1.807) is 19.5 Å². The number of hydrogen-bond acceptors (Lipinski definition) is 3. The van der Waals surface area contributed by atoms with Gasteiger partial charge in [-0.1, -0.05) is 18.2 Å². The number of aromatic nitrogens is 2. The third-order valence-electron chi connectivity index (χ3n) is 2.17.